The topological polar surface area (TPSA) is 59.2 Å². The summed E-state index contributed by atoms with van der Waals surface area (Å²) >= 11 is 0. The number of hydrogen-bond acceptors (Lipinski definition) is 4. The van der Waals surface area contributed by atoms with Gasteiger partial charge in [0.15, 0.2) is 6.10 Å². The van der Waals surface area contributed by atoms with E-state index in [0.717, 1.165) is 11.3 Å². The molecule has 2 rings (SSSR count). The van der Waals surface area contributed by atoms with Crippen molar-refractivity contribution in [2.45, 2.75) is 20.0 Å². The molecule has 0 aliphatic heterocycles. The quantitative estimate of drug-likeness (QED) is 0.809. The number of rotatable bonds is 2. The first kappa shape index (κ1) is 9.86. The van der Waals surface area contributed by atoms with Crippen LogP contribution in [0.4, 0.5) is 0 Å². The zero-order chi connectivity index (χ0) is 10.8. The van der Waals surface area contributed by atoms with Crippen LogP contribution in [-0.4, -0.2) is 15.1 Å². The molecule has 4 nitrogen and oxygen atoms in total. The van der Waals surface area contributed by atoms with E-state index >= 15 is 0 Å². The second-order valence-electron chi connectivity index (χ2n) is 3.44. The van der Waals surface area contributed by atoms with Gasteiger partial charge in [-0.1, -0.05) is 0 Å². The highest BCUT2D eigenvalue weighted by atomic mass is 16.4. The molecule has 4 heteroatoms. The number of hydrogen-bond donors (Lipinski definition) is 1. The van der Waals surface area contributed by atoms with Gasteiger partial charge >= 0.3 is 0 Å². The van der Waals surface area contributed by atoms with Gasteiger partial charge in [0.2, 0.25) is 5.89 Å². The van der Waals surface area contributed by atoms with Crippen molar-refractivity contribution in [1.29, 1.82) is 0 Å². The first-order chi connectivity index (χ1) is 7.18. The lowest BCUT2D eigenvalue weighted by Gasteiger charge is -2.08. The summed E-state index contributed by atoms with van der Waals surface area (Å²) < 4.78 is 5.03. The molecule has 2 aromatic heterocycles. The molecule has 0 aliphatic carbocycles. The lowest BCUT2D eigenvalue weighted by atomic mass is 10.1. The minimum absolute atomic E-state index is 0.292. The van der Waals surface area contributed by atoms with Crippen LogP contribution in [0.15, 0.2) is 29.1 Å². The Kier molecular flexibility index (Phi) is 2.51. The fourth-order valence-electron chi connectivity index (χ4n) is 1.33. The number of nitrogens with zero attached hydrogens (tertiary/aromatic N) is 2. The van der Waals surface area contributed by atoms with Gasteiger partial charge < -0.3 is 9.52 Å². The van der Waals surface area contributed by atoms with Crippen LogP contribution in [0.1, 0.15) is 28.8 Å². The Morgan fingerprint density at radius 1 is 1.33 bits per heavy atom. The monoisotopic (exact) mass is 204 g/mol. The zero-order valence-electron chi connectivity index (χ0n) is 8.64. The molecule has 0 aromatic carbocycles. The first-order valence-corrected chi connectivity index (χ1v) is 4.69. The van der Waals surface area contributed by atoms with E-state index in [9.17, 15) is 5.11 Å². The van der Waals surface area contributed by atoms with E-state index in [-0.39, 0.29) is 0 Å². The van der Waals surface area contributed by atoms with Gasteiger partial charge in [-0.3, -0.25) is 4.98 Å². The molecule has 0 amide bonds. The molecule has 1 N–H and O–H groups in total. The van der Waals surface area contributed by atoms with Crippen molar-refractivity contribution < 1.29 is 9.52 Å². The molecule has 0 saturated heterocycles. The van der Waals surface area contributed by atoms with E-state index in [1.54, 1.807) is 6.20 Å². The number of pyridine rings is 1. The lowest BCUT2D eigenvalue weighted by molar-refractivity contribution is 0.182. The van der Waals surface area contributed by atoms with Crippen LogP contribution in [0, 0.1) is 13.8 Å². The van der Waals surface area contributed by atoms with Crippen LogP contribution in [0.5, 0.6) is 0 Å². The van der Waals surface area contributed by atoms with Gasteiger partial charge in [-0.15, -0.1) is 0 Å². The predicted molar refractivity (Wildman–Crippen MR) is 54.3 cm³/mol. The molecule has 0 saturated carbocycles. The molecular weight excluding hydrogens is 192 g/mol. The summed E-state index contributed by atoms with van der Waals surface area (Å²) in [5.41, 5.74) is 2.69. The lowest BCUT2D eigenvalue weighted by Crippen LogP contribution is -2.02. The maximum atomic E-state index is 9.90. The van der Waals surface area contributed by atoms with Crippen molar-refractivity contribution >= 4 is 0 Å². The maximum Gasteiger partial charge on any atom is 0.227 e. The Morgan fingerprint density at radius 2 is 2.13 bits per heavy atom. The molecule has 2 heterocycles. The van der Waals surface area contributed by atoms with Gasteiger partial charge in [0, 0.05) is 17.5 Å². The standard InChI is InChI=1S/C11H12N2O2/c1-7-5-9(6-13-8(7)2)10(14)11-12-3-4-15-11/h3-6,10,14H,1-2H3. The minimum Gasteiger partial charge on any atom is -0.446 e. The molecule has 0 bridgehead atoms. The second-order valence-corrected chi connectivity index (χ2v) is 3.44. The summed E-state index contributed by atoms with van der Waals surface area (Å²) in [6, 6.07) is 1.89. The third-order valence-corrected chi connectivity index (χ3v) is 2.36. The van der Waals surface area contributed by atoms with Crippen LogP contribution in [-0.2, 0) is 0 Å². The smallest absolute Gasteiger partial charge is 0.227 e. The second kappa shape index (κ2) is 3.82. The summed E-state index contributed by atoms with van der Waals surface area (Å²) in [5.74, 6) is 0.292. The normalized spacial score (nSPS) is 12.7. The maximum absolute atomic E-state index is 9.90. The molecule has 15 heavy (non-hydrogen) atoms. The Labute approximate surface area is 87.6 Å². The third-order valence-electron chi connectivity index (χ3n) is 2.36. The summed E-state index contributed by atoms with van der Waals surface area (Å²) in [7, 11) is 0. The number of oxazole rings is 1. The number of aliphatic hydroxyl groups is 1. The zero-order valence-corrected chi connectivity index (χ0v) is 8.64. The van der Waals surface area contributed by atoms with Gasteiger partial charge in [0.1, 0.15) is 6.26 Å². The van der Waals surface area contributed by atoms with Gasteiger partial charge in [-0.05, 0) is 25.5 Å². The van der Waals surface area contributed by atoms with Crippen LogP contribution in [0.25, 0.3) is 0 Å². The average Bonchev–Trinajstić information content (AvgIpc) is 2.74. The van der Waals surface area contributed by atoms with E-state index in [2.05, 4.69) is 9.97 Å². The Balaban J connectivity index is 2.34. The fraction of sp³-hybridized carbons (Fsp3) is 0.273. The first-order valence-electron chi connectivity index (χ1n) is 4.69. The average molecular weight is 204 g/mol. The largest absolute Gasteiger partial charge is 0.446 e. The molecule has 0 spiro atoms. The Morgan fingerprint density at radius 3 is 2.73 bits per heavy atom. The van der Waals surface area contributed by atoms with E-state index in [4.69, 9.17) is 4.42 Å². The molecule has 1 unspecified atom stereocenters. The SMILES string of the molecule is Cc1cc(C(O)c2ncco2)cnc1C. The van der Waals surface area contributed by atoms with E-state index in [1.165, 1.54) is 12.5 Å². The van der Waals surface area contributed by atoms with E-state index in [1.807, 2.05) is 19.9 Å². The molecule has 78 valence electrons. The molecule has 0 aliphatic rings. The summed E-state index contributed by atoms with van der Waals surface area (Å²) in [4.78, 5) is 8.08. The highest BCUT2D eigenvalue weighted by Crippen LogP contribution is 2.20. The van der Waals surface area contributed by atoms with E-state index in [0.29, 0.717) is 11.5 Å². The van der Waals surface area contributed by atoms with Crippen LogP contribution in [0.3, 0.4) is 0 Å². The number of aryl methyl sites for hydroxylation is 2. The predicted octanol–water partition coefficient (Wildman–Crippen LogP) is 1.77. The van der Waals surface area contributed by atoms with E-state index < -0.39 is 6.10 Å². The van der Waals surface area contributed by atoms with Crippen LogP contribution < -0.4 is 0 Å². The van der Waals surface area contributed by atoms with Crippen molar-refractivity contribution in [2.75, 3.05) is 0 Å². The van der Waals surface area contributed by atoms with Crippen molar-refractivity contribution in [3.05, 3.63) is 47.4 Å². The van der Waals surface area contributed by atoms with Crippen molar-refractivity contribution in [3.63, 3.8) is 0 Å². The summed E-state index contributed by atoms with van der Waals surface area (Å²) in [6.07, 6.45) is 3.74. The van der Waals surface area contributed by atoms with Crippen LogP contribution in [0.2, 0.25) is 0 Å². The van der Waals surface area contributed by atoms with Gasteiger partial charge in [-0.25, -0.2) is 4.98 Å². The summed E-state index contributed by atoms with van der Waals surface area (Å²) in [6.45, 7) is 3.88. The molecule has 0 radical (unpaired) electrons. The fourth-order valence-corrected chi connectivity index (χ4v) is 1.33. The Hall–Kier alpha value is -1.68. The minimum atomic E-state index is -0.841. The molecule has 1 atom stereocenters. The van der Waals surface area contributed by atoms with Gasteiger partial charge in [-0.2, -0.15) is 0 Å². The summed E-state index contributed by atoms with van der Waals surface area (Å²) in [5, 5.41) is 9.90. The van der Waals surface area contributed by atoms with Gasteiger partial charge in [0.05, 0.1) is 6.20 Å². The number of aliphatic hydroxyl groups excluding tert-OH is 1. The van der Waals surface area contributed by atoms with Crippen molar-refractivity contribution in [3.8, 4) is 0 Å². The Bertz CT molecular complexity index is 452. The molecular formula is C11H12N2O2. The highest BCUT2D eigenvalue weighted by molar-refractivity contribution is 5.26. The molecule has 2 aromatic rings. The number of aromatic nitrogens is 2. The van der Waals surface area contributed by atoms with Gasteiger partial charge in [0.25, 0.3) is 0 Å². The van der Waals surface area contributed by atoms with Crippen LogP contribution >= 0.6 is 0 Å². The van der Waals surface area contributed by atoms with Crippen molar-refractivity contribution in [2.24, 2.45) is 0 Å². The van der Waals surface area contributed by atoms with Crippen molar-refractivity contribution in [1.82, 2.24) is 9.97 Å². The highest BCUT2D eigenvalue weighted by Gasteiger charge is 2.15. The molecule has 0 fully saturated rings. The third kappa shape index (κ3) is 1.89.